The number of amides is 1. The van der Waals surface area contributed by atoms with Crippen LogP contribution in [-0.4, -0.2) is 70.4 Å². The van der Waals surface area contributed by atoms with E-state index in [1.165, 1.54) is 11.8 Å². The number of carbonyl (C=O) groups excluding carboxylic acids is 2. The number of aromatic nitrogens is 4. The van der Waals surface area contributed by atoms with Crippen molar-refractivity contribution in [2.45, 2.75) is 46.6 Å². The molecule has 3 rings (SSSR count). The van der Waals surface area contributed by atoms with E-state index in [-0.39, 0.29) is 12.5 Å². The Kier molecular flexibility index (Phi) is 8.44. The zero-order chi connectivity index (χ0) is 24.7. The summed E-state index contributed by atoms with van der Waals surface area (Å²) in [6, 6.07) is 4.64. The van der Waals surface area contributed by atoms with E-state index in [4.69, 9.17) is 14.2 Å². The number of likely N-dealkylation sites (N-methyl/N-ethyl adjacent to an activating group) is 1. The molecule has 1 amide bonds. The van der Waals surface area contributed by atoms with Crippen LogP contribution in [0.3, 0.4) is 0 Å². The van der Waals surface area contributed by atoms with E-state index in [0.717, 1.165) is 12.8 Å². The highest BCUT2D eigenvalue weighted by atomic mass is 16.5. The third kappa shape index (κ3) is 5.29. The fourth-order valence-electron chi connectivity index (χ4n) is 3.75. The fourth-order valence-corrected chi connectivity index (χ4v) is 3.75. The molecule has 0 bridgehead atoms. The maximum absolute atomic E-state index is 13.0. The maximum Gasteiger partial charge on any atom is 0.338 e. The molecule has 1 aliphatic rings. The Morgan fingerprint density at radius 1 is 1.18 bits per heavy atom. The molecule has 2 aromatic rings. The molecule has 0 spiro atoms. The minimum Gasteiger partial charge on any atom is -0.493 e. The summed E-state index contributed by atoms with van der Waals surface area (Å²) >= 11 is 0. The molecule has 1 aromatic carbocycles. The Labute approximate surface area is 199 Å². The van der Waals surface area contributed by atoms with Crippen molar-refractivity contribution in [3.63, 3.8) is 0 Å². The molecule has 11 heteroatoms. The average molecular weight is 473 g/mol. The van der Waals surface area contributed by atoms with Crippen LogP contribution >= 0.6 is 0 Å². The Balaban J connectivity index is 1.91. The van der Waals surface area contributed by atoms with E-state index in [1.807, 2.05) is 20.8 Å². The number of fused-ring (bicyclic) bond motifs is 1. The van der Waals surface area contributed by atoms with Crippen molar-refractivity contribution < 1.29 is 23.8 Å². The van der Waals surface area contributed by atoms with Gasteiger partial charge >= 0.3 is 5.97 Å². The predicted molar refractivity (Wildman–Crippen MR) is 125 cm³/mol. The number of hydrogen-bond donors (Lipinski definition) is 1. The number of nitrogens with one attached hydrogen (secondary N) is 1. The molecule has 11 nitrogen and oxygen atoms in total. The number of ether oxygens (including phenoxy) is 3. The van der Waals surface area contributed by atoms with Gasteiger partial charge in [0.1, 0.15) is 6.04 Å². The second kappa shape index (κ2) is 11.5. The van der Waals surface area contributed by atoms with E-state index >= 15 is 0 Å². The maximum atomic E-state index is 13.0. The van der Waals surface area contributed by atoms with Crippen LogP contribution in [0.25, 0.3) is 0 Å². The number of tetrazole rings is 1. The van der Waals surface area contributed by atoms with Crippen molar-refractivity contribution in [1.82, 2.24) is 25.1 Å². The van der Waals surface area contributed by atoms with Crippen molar-refractivity contribution >= 4 is 17.8 Å². The molecule has 0 saturated carbocycles. The first-order valence-electron chi connectivity index (χ1n) is 11.5. The number of nitrogens with zero attached hydrogens (tertiary/aromatic N) is 5. The molecule has 34 heavy (non-hydrogen) atoms. The van der Waals surface area contributed by atoms with Crippen molar-refractivity contribution in [2.24, 2.45) is 0 Å². The molecule has 0 radical (unpaired) electrons. The minimum absolute atomic E-state index is 0.101. The zero-order valence-corrected chi connectivity index (χ0v) is 20.3. The fraction of sp³-hybridized carbons (Fsp3) is 0.522. The third-order valence-electron chi connectivity index (χ3n) is 5.64. The number of unbranched alkanes of at least 4 members (excludes halogenated alkanes) is 1. The van der Waals surface area contributed by atoms with Crippen LogP contribution in [0.4, 0.5) is 5.95 Å². The number of allylic oxidation sites excluding steroid dienone is 1. The molecule has 1 unspecified atom stereocenters. The molecule has 184 valence electrons. The van der Waals surface area contributed by atoms with Gasteiger partial charge in [-0.3, -0.25) is 4.79 Å². The van der Waals surface area contributed by atoms with E-state index in [1.54, 1.807) is 30.0 Å². The number of carbonyl (C=O) groups is 2. The van der Waals surface area contributed by atoms with Crippen molar-refractivity contribution in [3.8, 4) is 11.5 Å². The van der Waals surface area contributed by atoms with Gasteiger partial charge in [-0.05, 0) is 55.3 Å². The van der Waals surface area contributed by atoms with Crippen LogP contribution in [0.1, 0.15) is 52.1 Å². The third-order valence-corrected chi connectivity index (χ3v) is 5.64. The highest BCUT2D eigenvalue weighted by Gasteiger charge is 2.35. The summed E-state index contributed by atoms with van der Waals surface area (Å²) in [7, 11) is 1.52. The van der Waals surface area contributed by atoms with Crippen molar-refractivity contribution in [1.29, 1.82) is 0 Å². The topological polar surface area (TPSA) is 121 Å². The van der Waals surface area contributed by atoms with Gasteiger partial charge in [-0.15, -0.1) is 0 Å². The first-order chi connectivity index (χ1) is 16.4. The van der Waals surface area contributed by atoms with Gasteiger partial charge in [-0.1, -0.05) is 24.5 Å². The van der Waals surface area contributed by atoms with Crippen LogP contribution in [0.15, 0.2) is 29.5 Å². The first-order valence-corrected chi connectivity index (χ1v) is 11.5. The standard InChI is InChI=1S/C23H32N6O5/c1-6-9-12-33-22(31)20-15(4)24-23-25-26-27-29(23)21(20)16-10-11-17(18(13-16)32-5)34-14-19(30)28(7-2)8-3/h10-11,13,21H,6-9,12,14H2,1-5H3,(H,24,25,27). The lowest BCUT2D eigenvalue weighted by Crippen LogP contribution is -2.34. The lowest BCUT2D eigenvalue weighted by Gasteiger charge is -2.28. The van der Waals surface area contributed by atoms with E-state index < -0.39 is 12.0 Å². The van der Waals surface area contributed by atoms with Crippen LogP contribution < -0.4 is 14.8 Å². The number of benzene rings is 1. The molecular formula is C23H32N6O5. The summed E-state index contributed by atoms with van der Waals surface area (Å²) in [6.07, 6.45) is 1.69. The number of hydrogen-bond acceptors (Lipinski definition) is 9. The first kappa shape index (κ1) is 25.0. The SMILES string of the molecule is CCCCOC(=O)C1=C(C)Nc2nnnn2C1c1ccc(OCC(=O)N(CC)CC)c(OC)c1. The molecule has 2 heterocycles. The second-order valence-corrected chi connectivity index (χ2v) is 7.77. The predicted octanol–water partition coefficient (Wildman–Crippen LogP) is 2.56. The summed E-state index contributed by atoms with van der Waals surface area (Å²) in [6.45, 7) is 9.11. The number of esters is 1. The average Bonchev–Trinajstić information content (AvgIpc) is 3.30. The molecule has 0 fully saturated rings. The lowest BCUT2D eigenvalue weighted by atomic mass is 9.95. The van der Waals surface area contributed by atoms with E-state index in [2.05, 4.69) is 20.8 Å². The molecular weight excluding hydrogens is 440 g/mol. The highest BCUT2D eigenvalue weighted by Crippen LogP contribution is 2.38. The number of rotatable bonds is 11. The number of anilines is 1. The molecule has 1 N–H and O–H groups in total. The number of methoxy groups -OCH3 is 1. The van der Waals surface area contributed by atoms with Gasteiger partial charge in [0.25, 0.3) is 5.91 Å². The van der Waals surface area contributed by atoms with Gasteiger partial charge in [0, 0.05) is 18.8 Å². The van der Waals surface area contributed by atoms with Gasteiger partial charge < -0.3 is 24.4 Å². The van der Waals surface area contributed by atoms with Crippen LogP contribution in [0.2, 0.25) is 0 Å². The minimum atomic E-state index is -0.624. The second-order valence-electron chi connectivity index (χ2n) is 7.77. The normalized spacial score (nSPS) is 14.8. The largest absolute Gasteiger partial charge is 0.493 e. The highest BCUT2D eigenvalue weighted by molar-refractivity contribution is 5.92. The van der Waals surface area contributed by atoms with E-state index in [9.17, 15) is 9.59 Å². The van der Waals surface area contributed by atoms with E-state index in [0.29, 0.717) is 54.0 Å². The lowest BCUT2D eigenvalue weighted by molar-refractivity contribution is -0.139. The Hall–Kier alpha value is -3.63. The van der Waals surface area contributed by atoms with Crippen LogP contribution in [0.5, 0.6) is 11.5 Å². The zero-order valence-electron chi connectivity index (χ0n) is 20.3. The van der Waals surface area contributed by atoms with Crippen molar-refractivity contribution in [3.05, 3.63) is 35.0 Å². The Morgan fingerprint density at radius 3 is 2.62 bits per heavy atom. The summed E-state index contributed by atoms with van der Waals surface area (Å²) in [4.78, 5) is 27.0. The van der Waals surface area contributed by atoms with Crippen LogP contribution in [0, 0.1) is 0 Å². The summed E-state index contributed by atoms with van der Waals surface area (Å²) < 4.78 is 18.3. The molecule has 1 atom stereocenters. The molecule has 0 saturated heterocycles. The van der Waals surface area contributed by atoms with Gasteiger partial charge in [0.05, 0.1) is 19.3 Å². The van der Waals surface area contributed by atoms with Gasteiger partial charge in [0.15, 0.2) is 18.1 Å². The van der Waals surface area contributed by atoms with Gasteiger partial charge in [-0.2, -0.15) is 4.68 Å². The smallest absolute Gasteiger partial charge is 0.338 e. The summed E-state index contributed by atoms with van der Waals surface area (Å²) in [5, 5.41) is 14.9. The molecule has 1 aromatic heterocycles. The molecule has 1 aliphatic heterocycles. The Morgan fingerprint density at radius 2 is 1.94 bits per heavy atom. The molecule has 0 aliphatic carbocycles. The van der Waals surface area contributed by atoms with Crippen molar-refractivity contribution in [2.75, 3.05) is 38.7 Å². The van der Waals surface area contributed by atoms with Crippen LogP contribution in [-0.2, 0) is 14.3 Å². The van der Waals surface area contributed by atoms with Gasteiger partial charge in [-0.25, -0.2) is 4.79 Å². The summed E-state index contributed by atoms with van der Waals surface area (Å²) in [5.74, 6) is 0.716. The Bertz CT molecular complexity index is 1050. The quantitative estimate of drug-likeness (QED) is 0.388. The monoisotopic (exact) mass is 472 g/mol. The van der Waals surface area contributed by atoms with Gasteiger partial charge in [0.2, 0.25) is 5.95 Å². The summed E-state index contributed by atoms with van der Waals surface area (Å²) in [5.41, 5.74) is 1.72.